The molecule has 2 amide bonds. The van der Waals surface area contributed by atoms with Gasteiger partial charge in [0.15, 0.2) is 11.5 Å². The molecule has 1 fully saturated rings. The van der Waals surface area contributed by atoms with Crippen molar-refractivity contribution >= 4 is 17.5 Å². The lowest BCUT2D eigenvalue weighted by atomic mass is 10.0. The number of carbonyl (C=O) groups excluding carboxylic acids is 2. The number of nitrogens with one attached hydrogen (secondary N) is 1. The summed E-state index contributed by atoms with van der Waals surface area (Å²) in [7, 11) is 0. The SMILES string of the molecule is CC1(C)NC(=O)CCN(c2ccc3c(c2)OCO3)C1=O. The first kappa shape index (κ1) is 12.8. The fourth-order valence-electron chi connectivity index (χ4n) is 2.42. The molecule has 106 valence electrons. The van der Waals surface area contributed by atoms with Crippen molar-refractivity contribution in [1.29, 1.82) is 0 Å². The summed E-state index contributed by atoms with van der Waals surface area (Å²) in [5.41, 5.74) is -0.201. The highest BCUT2D eigenvalue weighted by Crippen LogP contribution is 2.36. The standard InChI is InChI=1S/C14H16N2O4/c1-14(2)13(18)16(6-5-12(17)15-14)9-3-4-10-11(7-9)20-8-19-10/h3-4,7H,5-6,8H2,1-2H3,(H,15,17). The normalized spacial score (nSPS) is 20.6. The van der Waals surface area contributed by atoms with Crippen LogP contribution < -0.4 is 19.7 Å². The quantitative estimate of drug-likeness (QED) is 0.832. The molecule has 1 N–H and O–H groups in total. The molecule has 0 radical (unpaired) electrons. The number of ether oxygens (including phenoxy) is 2. The lowest BCUT2D eigenvalue weighted by molar-refractivity contribution is -0.128. The lowest BCUT2D eigenvalue weighted by Gasteiger charge is -2.28. The first-order valence-corrected chi connectivity index (χ1v) is 6.50. The Morgan fingerprint density at radius 1 is 1.20 bits per heavy atom. The first-order valence-electron chi connectivity index (χ1n) is 6.50. The Labute approximate surface area is 116 Å². The van der Waals surface area contributed by atoms with Crippen molar-refractivity contribution in [1.82, 2.24) is 5.32 Å². The van der Waals surface area contributed by atoms with E-state index in [0.29, 0.717) is 23.7 Å². The molecule has 0 spiro atoms. The summed E-state index contributed by atoms with van der Waals surface area (Å²) in [6.45, 7) is 3.96. The molecular weight excluding hydrogens is 260 g/mol. The third-order valence-corrected chi connectivity index (χ3v) is 3.46. The Bertz CT molecular complexity index is 583. The number of rotatable bonds is 1. The van der Waals surface area contributed by atoms with E-state index in [0.717, 1.165) is 0 Å². The van der Waals surface area contributed by atoms with Gasteiger partial charge in [0.2, 0.25) is 12.7 Å². The van der Waals surface area contributed by atoms with Crippen LogP contribution in [0.1, 0.15) is 20.3 Å². The topological polar surface area (TPSA) is 67.9 Å². The summed E-state index contributed by atoms with van der Waals surface area (Å²) in [6.07, 6.45) is 0.281. The van der Waals surface area contributed by atoms with Gasteiger partial charge < -0.3 is 19.7 Å². The number of hydrogen-bond acceptors (Lipinski definition) is 4. The number of benzene rings is 1. The average molecular weight is 276 g/mol. The smallest absolute Gasteiger partial charge is 0.252 e. The minimum Gasteiger partial charge on any atom is -0.454 e. The van der Waals surface area contributed by atoms with Gasteiger partial charge in [0.25, 0.3) is 5.91 Å². The van der Waals surface area contributed by atoms with E-state index < -0.39 is 5.54 Å². The molecule has 0 aliphatic carbocycles. The van der Waals surface area contributed by atoms with Crippen LogP contribution in [-0.2, 0) is 9.59 Å². The van der Waals surface area contributed by atoms with Crippen molar-refractivity contribution in [2.24, 2.45) is 0 Å². The van der Waals surface area contributed by atoms with E-state index in [2.05, 4.69) is 5.32 Å². The zero-order valence-corrected chi connectivity index (χ0v) is 11.4. The van der Waals surface area contributed by atoms with E-state index in [1.54, 1.807) is 36.9 Å². The van der Waals surface area contributed by atoms with E-state index in [4.69, 9.17) is 9.47 Å². The zero-order chi connectivity index (χ0) is 14.3. The van der Waals surface area contributed by atoms with Crippen LogP contribution in [0, 0.1) is 0 Å². The van der Waals surface area contributed by atoms with Crippen LogP contribution >= 0.6 is 0 Å². The zero-order valence-electron chi connectivity index (χ0n) is 11.4. The van der Waals surface area contributed by atoms with Gasteiger partial charge >= 0.3 is 0 Å². The van der Waals surface area contributed by atoms with Crippen LogP contribution in [0.3, 0.4) is 0 Å². The lowest BCUT2D eigenvalue weighted by Crippen LogP contribution is -2.53. The maximum atomic E-state index is 12.6. The summed E-state index contributed by atoms with van der Waals surface area (Å²) >= 11 is 0. The van der Waals surface area contributed by atoms with Gasteiger partial charge in [0.1, 0.15) is 5.54 Å². The van der Waals surface area contributed by atoms with Crippen LogP contribution in [0.25, 0.3) is 0 Å². The Morgan fingerprint density at radius 3 is 2.75 bits per heavy atom. The van der Waals surface area contributed by atoms with Gasteiger partial charge in [-0.3, -0.25) is 9.59 Å². The Kier molecular flexibility index (Phi) is 2.81. The van der Waals surface area contributed by atoms with Crippen molar-refractivity contribution in [2.45, 2.75) is 25.8 Å². The van der Waals surface area contributed by atoms with Gasteiger partial charge in [-0.2, -0.15) is 0 Å². The molecule has 1 saturated heterocycles. The summed E-state index contributed by atoms with van der Waals surface area (Å²) in [5, 5.41) is 2.73. The first-order chi connectivity index (χ1) is 9.47. The monoisotopic (exact) mass is 276 g/mol. The van der Waals surface area contributed by atoms with Crippen molar-refractivity contribution in [3.63, 3.8) is 0 Å². The summed E-state index contributed by atoms with van der Waals surface area (Å²) < 4.78 is 10.6. The number of hydrogen-bond donors (Lipinski definition) is 1. The highest BCUT2D eigenvalue weighted by molar-refractivity contribution is 6.03. The van der Waals surface area contributed by atoms with Crippen molar-refractivity contribution in [3.05, 3.63) is 18.2 Å². The summed E-state index contributed by atoms with van der Waals surface area (Å²) in [6, 6.07) is 5.35. The van der Waals surface area contributed by atoms with Crippen LogP contribution in [0.15, 0.2) is 18.2 Å². The Morgan fingerprint density at radius 2 is 1.95 bits per heavy atom. The molecule has 0 bridgehead atoms. The van der Waals surface area contributed by atoms with Gasteiger partial charge in [-0.25, -0.2) is 0 Å². The molecule has 1 aromatic carbocycles. The Balaban J connectivity index is 1.96. The maximum absolute atomic E-state index is 12.6. The molecule has 0 aromatic heterocycles. The fourth-order valence-corrected chi connectivity index (χ4v) is 2.42. The van der Waals surface area contributed by atoms with E-state index in [-0.39, 0.29) is 25.0 Å². The molecule has 0 atom stereocenters. The van der Waals surface area contributed by atoms with E-state index in [1.807, 2.05) is 0 Å². The van der Waals surface area contributed by atoms with E-state index in [9.17, 15) is 9.59 Å². The van der Waals surface area contributed by atoms with Crippen LogP contribution in [0.4, 0.5) is 5.69 Å². The van der Waals surface area contributed by atoms with Gasteiger partial charge in [-0.1, -0.05) is 0 Å². The molecule has 0 saturated carbocycles. The minimum absolute atomic E-state index is 0.119. The van der Waals surface area contributed by atoms with Gasteiger partial charge in [0.05, 0.1) is 0 Å². The van der Waals surface area contributed by atoms with Crippen LogP contribution in [0.2, 0.25) is 0 Å². The van der Waals surface area contributed by atoms with Gasteiger partial charge in [-0.05, 0) is 26.0 Å². The molecule has 1 aromatic rings. The molecule has 6 heteroatoms. The van der Waals surface area contributed by atoms with E-state index in [1.165, 1.54) is 0 Å². The number of carbonyl (C=O) groups is 2. The number of anilines is 1. The highest BCUT2D eigenvalue weighted by atomic mass is 16.7. The van der Waals surface area contributed by atoms with Gasteiger partial charge in [-0.15, -0.1) is 0 Å². The third-order valence-electron chi connectivity index (χ3n) is 3.46. The Hall–Kier alpha value is -2.24. The fraction of sp³-hybridized carbons (Fsp3) is 0.429. The number of nitrogens with zero attached hydrogens (tertiary/aromatic N) is 1. The molecule has 6 nitrogen and oxygen atoms in total. The van der Waals surface area contributed by atoms with Crippen LogP contribution in [-0.4, -0.2) is 30.7 Å². The minimum atomic E-state index is -0.913. The third kappa shape index (κ3) is 2.07. The second-order valence-corrected chi connectivity index (χ2v) is 5.42. The molecular formula is C14H16N2O4. The van der Waals surface area contributed by atoms with Crippen molar-refractivity contribution in [3.8, 4) is 11.5 Å². The van der Waals surface area contributed by atoms with Crippen molar-refractivity contribution < 1.29 is 19.1 Å². The number of amides is 2. The molecule has 2 heterocycles. The summed E-state index contributed by atoms with van der Waals surface area (Å²) in [5.74, 6) is 1.04. The predicted octanol–water partition coefficient (Wildman–Crippen LogP) is 1.05. The average Bonchev–Trinajstić information content (AvgIpc) is 2.81. The highest BCUT2D eigenvalue weighted by Gasteiger charge is 2.37. The molecule has 0 unspecified atom stereocenters. The van der Waals surface area contributed by atoms with Crippen molar-refractivity contribution in [2.75, 3.05) is 18.2 Å². The summed E-state index contributed by atoms with van der Waals surface area (Å²) in [4.78, 5) is 25.8. The number of fused-ring (bicyclic) bond motifs is 1. The molecule has 20 heavy (non-hydrogen) atoms. The predicted molar refractivity (Wildman–Crippen MR) is 71.8 cm³/mol. The maximum Gasteiger partial charge on any atom is 0.252 e. The largest absolute Gasteiger partial charge is 0.454 e. The molecule has 2 aliphatic heterocycles. The molecule has 2 aliphatic rings. The second kappa shape index (κ2) is 4.40. The van der Waals surface area contributed by atoms with Crippen LogP contribution in [0.5, 0.6) is 11.5 Å². The van der Waals surface area contributed by atoms with Gasteiger partial charge in [0, 0.05) is 24.7 Å². The second-order valence-electron chi connectivity index (χ2n) is 5.42. The van der Waals surface area contributed by atoms with E-state index >= 15 is 0 Å². The molecule has 3 rings (SSSR count).